The predicted molar refractivity (Wildman–Crippen MR) is 57.5 cm³/mol. The molecule has 14 heavy (non-hydrogen) atoms. The average Bonchev–Trinajstić information content (AvgIpc) is 2.51. The molecule has 2 unspecified atom stereocenters. The van der Waals surface area contributed by atoms with Crippen molar-refractivity contribution in [1.29, 1.82) is 0 Å². The van der Waals surface area contributed by atoms with Crippen molar-refractivity contribution in [2.24, 2.45) is 0 Å². The summed E-state index contributed by atoms with van der Waals surface area (Å²) in [6.45, 7) is 9.98. The van der Waals surface area contributed by atoms with Gasteiger partial charge in [0.2, 0.25) is 0 Å². The van der Waals surface area contributed by atoms with E-state index in [-0.39, 0.29) is 0 Å². The zero-order valence-electron chi connectivity index (χ0n) is 9.38. The van der Waals surface area contributed by atoms with Crippen molar-refractivity contribution in [3.05, 3.63) is 0 Å². The van der Waals surface area contributed by atoms with E-state index in [1.54, 1.807) is 0 Å². The minimum absolute atomic E-state index is 0.358. The second kappa shape index (κ2) is 4.17. The Morgan fingerprint density at radius 1 is 1.57 bits per heavy atom. The van der Waals surface area contributed by atoms with Gasteiger partial charge in [0.05, 0.1) is 12.7 Å². The fourth-order valence-electron chi connectivity index (χ4n) is 2.62. The molecule has 0 amide bonds. The summed E-state index contributed by atoms with van der Waals surface area (Å²) in [5, 5.41) is 3.61. The van der Waals surface area contributed by atoms with Crippen LogP contribution in [0.1, 0.15) is 26.7 Å². The molecule has 2 rings (SSSR count). The first-order chi connectivity index (χ1) is 6.68. The Balaban J connectivity index is 1.83. The zero-order valence-corrected chi connectivity index (χ0v) is 9.38. The van der Waals surface area contributed by atoms with Gasteiger partial charge in [-0.25, -0.2) is 0 Å². The van der Waals surface area contributed by atoms with E-state index in [9.17, 15) is 0 Å². The predicted octanol–water partition coefficient (Wildman–Crippen LogP) is 0.849. The Hall–Kier alpha value is -0.120. The summed E-state index contributed by atoms with van der Waals surface area (Å²) in [6.07, 6.45) is 3.06. The quantitative estimate of drug-likeness (QED) is 0.712. The smallest absolute Gasteiger partial charge is 0.0674 e. The summed E-state index contributed by atoms with van der Waals surface area (Å²) >= 11 is 0. The highest BCUT2D eigenvalue weighted by Gasteiger charge is 2.31. The maximum Gasteiger partial charge on any atom is 0.0674 e. The maximum absolute atomic E-state index is 5.54. The summed E-state index contributed by atoms with van der Waals surface area (Å²) in [6, 6.07) is 0. The van der Waals surface area contributed by atoms with E-state index in [4.69, 9.17) is 4.74 Å². The van der Waals surface area contributed by atoms with Crippen LogP contribution in [-0.2, 0) is 4.74 Å². The Bertz CT molecular complexity index is 190. The molecule has 0 bridgehead atoms. The van der Waals surface area contributed by atoms with Crippen molar-refractivity contribution in [3.8, 4) is 0 Å². The number of rotatable bonds is 2. The van der Waals surface area contributed by atoms with Crippen LogP contribution in [0.15, 0.2) is 0 Å². The molecule has 2 atom stereocenters. The van der Waals surface area contributed by atoms with Crippen molar-refractivity contribution in [2.75, 3.05) is 32.8 Å². The van der Waals surface area contributed by atoms with E-state index in [1.165, 1.54) is 25.9 Å². The van der Waals surface area contributed by atoms with Crippen molar-refractivity contribution in [1.82, 2.24) is 10.2 Å². The average molecular weight is 198 g/mol. The second-order valence-electron chi connectivity index (χ2n) is 5.01. The number of hydrogen-bond donors (Lipinski definition) is 1. The molecular formula is C11H22N2O. The van der Waals surface area contributed by atoms with Crippen LogP contribution in [0.25, 0.3) is 0 Å². The molecule has 82 valence electrons. The van der Waals surface area contributed by atoms with E-state index in [0.29, 0.717) is 11.6 Å². The van der Waals surface area contributed by atoms with E-state index in [1.807, 2.05) is 0 Å². The number of nitrogens with zero attached hydrogens (tertiary/aromatic N) is 1. The van der Waals surface area contributed by atoms with E-state index in [0.717, 1.165) is 19.7 Å². The third-order valence-corrected chi connectivity index (χ3v) is 3.35. The van der Waals surface area contributed by atoms with Crippen LogP contribution in [0.4, 0.5) is 0 Å². The fraction of sp³-hybridized carbons (Fsp3) is 1.00. The molecule has 0 saturated carbocycles. The van der Waals surface area contributed by atoms with Crippen molar-refractivity contribution in [2.45, 2.75) is 38.3 Å². The van der Waals surface area contributed by atoms with Crippen molar-refractivity contribution < 1.29 is 4.74 Å². The highest BCUT2D eigenvalue weighted by molar-refractivity contribution is 4.92. The lowest BCUT2D eigenvalue weighted by molar-refractivity contribution is -0.0252. The van der Waals surface area contributed by atoms with E-state index in [2.05, 4.69) is 24.1 Å². The minimum atomic E-state index is 0.358. The van der Waals surface area contributed by atoms with Gasteiger partial charge in [-0.3, -0.25) is 4.90 Å². The van der Waals surface area contributed by atoms with Crippen molar-refractivity contribution in [3.63, 3.8) is 0 Å². The van der Waals surface area contributed by atoms with Gasteiger partial charge in [0.25, 0.3) is 0 Å². The minimum Gasteiger partial charge on any atom is -0.376 e. The van der Waals surface area contributed by atoms with Crippen molar-refractivity contribution >= 4 is 0 Å². The maximum atomic E-state index is 5.54. The molecule has 0 aromatic heterocycles. The van der Waals surface area contributed by atoms with Gasteiger partial charge in [-0.05, 0) is 33.2 Å². The lowest BCUT2D eigenvalue weighted by Gasteiger charge is -2.37. The molecule has 0 aromatic rings. The van der Waals surface area contributed by atoms with Crippen LogP contribution in [0.5, 0.6) is 0 Å². The first kappa shape index (κ1) is 10.4. The Morgan fingerprint density at radius 2 is 2.43 bits per heavy atom. The lowest BCUT2D eigenvalue weighted by atomic mass is 9.99. The van der Waals surface area contributed by atoms with Crippen LogP contribution < -0.4 is 5.32 Å². The third-order valence-electron chi connectivity index (χ3n) is 3.35. The normalized spacial score (nSPS) is 40.3. The summed E-state index contributed by atoms with van der Waals surface area (Å²) in [7, 11) is 0. The first-order valence-corrected chi connectivity index (χ1v) is 5.77. The van der Waals surface area contributed by atoms with Gasteiger partial charge in [-0.1, -0.05) is 0 Å². The van der Waals surface area contributed by atoms with E-state index < -0.39 is 0 Å². The van der Waals surface area contributed by atoms with Crippen LogP contribution in [0, 0.1) is 0 Å². The zero-order chi connectivity index (χ0) is 10.0. The third kappa shape index (κ3) is 2.47. The number of nitrogens with one attached hydrogen (secondary N) is 1. The molecule has 3 nitrogen and oxygen atoms in total. The van der Waals surface area contributed by atoms with Gasteiger partial charge in [0.1, 0.15) is 0 Å². The van der Waals surface area contributed by atoms with Gasteiger partial charge in [0.15, 0.2) is 0 Å². The molecule has 2 saturated heterocycles. The Kier molecular flexibility index (Phi) is 3.10. The molecule has 2 heterocycles. The SMILES string of the molecule is CC1CN(CC2(C)CCCN2)CCO1. The monoisotopic (exact) mass is 198 g/mol. The Morgan fingerprint density at radius 3 is 3.07 bits per heavy atom. The van der Waals surface area contributed by atoms with Crippen LogP contribution in [-0.4, -0.2) is 49.3 Å². The van der Waals surface area contributed by atoms with Gasteiger partial charge in [-0.15, -0.1) is 0 Å². The number of hydrogen-bond acceptors (Lipinski definition) is 3. The van der Waals surface area contributed by atoms with Gasteiger partial charge in [-0.2, -0.15) is 0 Å². The summed E-state index contributed by atoms with van der Waals surface area (Å²) in [5.41, 5.74) is 0.358. The summed E-state index contributed by atoms with van der Waals surface area (Å²) in [4.78, 5) is 2.53. The summed E-state index contributed by atoms with van der Waals surface area (Å²) < 4.78 is 5.54. The highest BCUT2D eigenvalue weighted by atomic mass is 16.5. The van der Waals surface area contributed by atoms with Crippen LogP contribution >= 0.6 is 0 Å². The highest BCUT2D eigenvalue weighted by Crippen LogP contribution is 2.20. The molecule has 1 N–H and O–H groups in total. The Labute approximate surface area is 86.8 Å². The molecule has 0 aromatic carbocycles. The molecule has 2 aliphatic rings. The molecule has 0 aliphatic carbocycles. The molecular weight excluding hydrogens is 176 g/mol. The summed E-state index contributed by atoms with van der Waals surface area (Å²) in [5.74, 6) is 0. The van der Waals surface area contributed by atoms with E-state index >= 15 is 0 Å². The lowest BCUT2D eigenvalue weighted by Crippen LogP contribution is -2.52. The molecule has 2 aliphatic heterocycles. The molecule has 2 fully saturated rings. The van der Waals surface area contributed by atoms with Gasteiger partial charge in [0, 0.05) is 25.2 Å². The van der Waals surface area contributed by atoms with Gasteiger partial charge < -0.3 is 10.1 Å². The largest absolute Gasteiger partial charge is 0.376 e. The van der Waals surface area contributed by atoms with Crippen LogP contribution in [0.2, 0.25) is 0 Å². The molecule has 0 radical (unpaired) electrons. The van der Waals surface area contributed by atoms with Crippen LogP contribution in [0.3, 0.4) is 0 Å². The molecule has 0 spiro atoms. The second-order valence-corrected chi connectivity index (χ2v) is 5.01. The topological polar surface area (TPSA) is 24.5 Å². The standard InChI is InChI=1S/C11H22N2O/c1-10-8-13(6-7-14-10)9-11(2)4-3-5-12-11/h10,12H,3-9H2,1-2H3. The van der Waals surface area contributed by atoms with Gasteiger partial charge >= 0.3 is 0 Å². The fourth-order valence-corrected chi connectivity index (χ4v) is 2.62. The number of morpholine rings is 1. The number of ether oxygens (including phenoxy) is 1. The molecule has 3 heteroatoms. The first-order valence-electron chi connectivity index (χ1n) is 5.77.